The van der Waals surface area contributed by atoms with Gasteiger partial charge in [-0.25, -0.2) is 23.8 Å². The van der Waals surface area contributed by atoms with Crippen molar-refractivity contribution >= 4 is 38.6 Å². The maximum absolute atomic E-state index is 15.2. The monoisotopic (exact) mass is 735 g/mol. The summed E-state index contributed by atoms with van der Waals surface area (Å²) in [6, 6.07) is 9.83. The van der Waals surface area contributed by atoms with Crippen molar-refractivity contribution in [2.75, 3.05) is 81.3 Å². The smallest absolute Gasteiger partial charge is 0.393 e. The molecule has 2 aromatic carbocycles. The van der Waals surface area contributed by atoms with Crippen molar-refractivity contribution in [2.45, 2.75) is 32.4 Å². The molecular weight excluding hydrogens is 693 g/mol. The Morgan fingerprint density at radius 3 is 2.31 bits per heavy atom. The van der Waals surface area contributed by atoms with Crippen molar-refractivity contribution in [3.8, 4) is 5.75 Å². The molecule has 11 nitrogen and oxygen atoms in total. The molecule has 0 aliphatic carbocycles. The second-order valence-corrected chi connectivity index (χ2v) is 18.1. The molecule has 4 heterocycles. The van der Waals surface area contributed by atoms with Gasteiger partial charge in [0.05, 0.1) is 38.4 Å². The zero-order valence-electron chi connectivity index (χ0n) is 29.3. The molecule has 0 spiro atoms. The van der Waals surface area contributed by atoms with Crippen LogP contribution in [0.3, 0.4) is 0 Å². The highest BCUT2D eigenvalue weighted by Crippen LogP contribution is 2.34. The van der Waals surface area contributed by atoms with Gasteiger partial charge in [-0.3, -0.25) is 0 Å². The quantitative estimate of drug-likeness (QED) is 0.115. The number of alkyl halides is 3. The van der Waals surface area contributed by atoms with Gasteiger partial charge < -0.3 is 28.7 Å². The lowest BCUT2D eigenvalue weighted by Crippen LogP contribution is -2.45. The molecule has 0 bridgehead atoms. The molecule has 0 atom stereocenters. The Labute approximate surface area is 294 Å². The van der Waals surface area contributed by atoms with Crippen molar-refractivity contribution in [3.63, 3.8) is 0 Å². The Morgan fingerprint density at radius 2 is 1.65 bits per heavy atom. The molecule has 3 aromatic heterocycles. The largest absolute Gasteiger partial charge is 0.497 e. The van der Waals surface area contributed by atoms with Crippen molar-refractivity contribution in [1.82, 2.24) is 34.0 Å². The molecule has 276 valence electrons. The number of aromatic nitrogens is 6. The van der Waals surface area contributed by atoms with E-state index < -0.39 is 34.3 Å². The van der Waals surface area contributed by atoms with Gasteiger partial charge in [0.2, 0.25) is 11.9 Å². The van der Waals surface area contributed by atoms with Crippen LogP contribution in [0.15, 0.2) is 42.6 Å². The van der Waals surface area contributed by atoms with Crippen LogP contribution in [0.25, 0.3) is 16.7 Å². The van der Waals surface area contributed by atoms with Gasteiger partial charge in [-0.15, -0.1) is 0 Å². The Kier molecular flexibility index (Phi) is 10.6. The molecule has 0 amide bonds. The average Bonchev–Trinajstić information content (AvgIpc) is 3.64. The lowest BCUT2D eigenvalue weighted by molar-refractivity contribution is -0.127. The maximum Gasteiger partial charge on any atom is 0.393 e. The van der Waals surface area contributed by atoms with Crippen LogP contribution in [0.1, 0.15) is 17.0 Å². The Bertz CT molecular complexity index is 1970. The van der Waals surface area contributed by atoms with Crippen molar-refractivity contribution in [2.24, 2.45) is 0 Å². The first-order valence-corrected chi connectivity index (χ1v) is 19.4. The van der Waals surface area contributed by atoms with Gasteiger partial charge in [-0.1, -0.05) is 12.1 Å². The summed E-state index contributed by atoms with van der Waals surface area (Å²) in [6.45, 7) is 3.23. The fraction of sp³-hybridized carbons (Fsp3) is 0.471. The van der Waals surface area contributed by atoms with Gasteiger partial charge in [0, 0.05) is 44.0 Å². The lowest BCUT2D eigenvalue weighted by atomic mass is 10.2. The predicted molar refractivity (Wildman–Crippen MR) is 189 cm³/mol. The highest BCUT2D eigenvalue weighted by molar-refractivity contribution is 8.32. The van der Waals surface area contributed by atoms with Crippen molar-refractivity contribution in [1.29, 1.82) is 0 Å². The number of halogens is 5. The van der Waals surface area contributed by atoms with E-state index in [2.05, 4.69) is 38.7 Å². The van der Waals surface area contributed by atoms with Crippen LogP contribution >= 0.6 is 10.0 Å². The third kappa shape index (κ3) is 8.64. The first-order chi connectivity index (χ1) is 24.2. The van der Waals surface area contributed by atoms with E-state index in [1.165, 1.54) is 16.8 Å². The average molecular weight is 736 g/mol. The Hall–Kier alpha value is -4.22. The number of benzene rings is 2. The van der Waals surface area contributed by atoms with E-state index >= 15 is 4.39 Å². The molecular formula is C34H42F5N9O2S. The summed E-state index contributed by atoms with van der Waals surface area (Å²) < 4.78 is 85.3. The highest BCUT2D eigenvalue weighted by atomic mass is 32.3. The number of hydrogen-bond donors (Lipinski definition) is 0. The van der Waals surface area contributed by atoms with E-state index in [1.807, 2.05) is 24.1 Å². The molecule has 17 heteroatoms. The Balaban J connectivity index is 1.48. The van der Waals surface area contributed by atoms with E-state index in [9.17, 15) is 17.6 Å². The summed E-state index contributed by atoms with van der Waals surface area (Å²) in [5, 5.41) is 4.35. The number of rotatable bonds is 13. The van der Waals surface area contributed by atoms with Gasteiger partial charge in [0.25, 0.3) is 0 Å². The third-order valence-corrected chi connectivity index (χ3v) is 10.1. The second-order valence-electron chi connectivity index (χ2n) is 13.5. The summed E-state index contributed by atoms with van der Waals surface area (Å²) in [6.07, 6.45) is 1.98. The van der Waals surface area contributed by atoms with E-state index in [4.69, 9.17) is 14.5 Å². The molecule has 1 saturated heterocycles. The fourth-order valence-corrected chi connectivity index (χ4v) is 6.44. The summed E-state index contributed by atoms with van der Waals surface area (Å²) in [5.41, 5.74) is 0.937. The predicted octanol–water partition coefficient (Wildman–Crippen LogP) is 5.49. The number of likely N-dealkylation sites (N-methyl/N-ethyl adjacent to an activating group) is 1. The number of ether oxygens (including phenoxy) is 2. The zero-order valence-corrected chi connectivity index (χ0v) is 30.1. The maximum atomic E-state index is 15.2. The summed E-state index contributed by atoms with van der Waals surface area (Å²) in [5.74, 6) is 0.179. The van der Waals surface area contributed by atoms with E-state index in [1.54, 1.807) is 28.7 Å². The number of hydrogen-bond acceptors (Lipinski definition) is 9. The molecule has 0 N–H and O–H groups in total. The minimum Gasteiger partial charge on any atom is -0.497 e. The van der Waals surface area contributed by atoms with Gasteiger partial charge in [-0.05, 0) is 55.6 Å². The van der Waals surface area contributed by atoms with E-state index in [0.29, 0.717) is 36.8 Å². The highest BCUT2D eigenvalue weighted by Gasteiger charge is 2.32. The van der Waals surface area contributed by atoms with Crippen LogP contribution < -0.4 is 14.5 Å². The summed E-state index contributed by atoms with van der Waals surface area (Å²) in [4.78, 5) is 20.0. The molecule has 0 saturated carbocycles. The van der Waals surface area contributed by atoms with Crippen LogP contribution in [0.2, 0.25) is 0 Å². The lowest BCUT2D eigenvalue weighted by Gasteiger charge is -2.33. The van der Waals surface area contributed by atoms with Crippen molar-refractivity contribution in [3.05, 3.63) is 71.2 Å². The molecule has 1 aliphatic rings. The summed E-state index contributed by atoms with van der Waals surface area (Å²) in [7, 11) is 2.71. The van der Waals surface area contributed by atoms with Crippen molar-refractivity contribution < 1.29 is 31.4 Å². The first kappa shape index (κ1) is 36.6. The molecule has 51 heavy (non-hydrogen) atoms. The minimum absolute atomic E-state index is 0.0155. The SMILES string of the molecule is COc1ccc(CN(Cc2nc3c(F)c(F)ccc3n2COCCS(C)(C)C)c2nc(N3CCN(C)CC3)nc3c(CC(F)(F)F)cnn23)cc1. The van der Waals surface area contributed by atoms with Crippen LogP contribution in [0, 0.1) is 11.6 Å². The molecule has 1 fully saturated rings. The number of imidazole rings is 1. The second kappa shape index (κ2) is 14.8. The number of piperazine rings is 1. The molecule has 0 radical (unpaired) electrons. The van der Waals surface area contributed by atoms with Crippen LogP contribution in [-0.2, 0) is 31.0 Å². The molecule has 5 aromatic rings. The fourth-order valence-electron chi connectivity index (χ4n) is 5.82. The van der Waals surface area contributed by atoms with Gasteiger partial charge in [-0.2, -0.15) is 32.8 Å². The zero-order chi connectivity index (χ0) is 36.5. The normalized spacial score (nSPS) is 14.9. The van der Waals surface area contributed by atoms with Crippen LogP contribution in [0.4, 0.5) is 33.8 Å². The molecule has 0 unspecified atom stereocenters. The number of fused-ring (bicyclic) bond motifs is 2. The summed E-state index contributed by atoms with van der Waals surface area (Å²) >= 11 is 0. The van der Waals surface area contributed by atoms with E-state index in [0.717, 1.165) is 30.5 Å². The van der Waals surface area contributed by atoms with Gasteiger partial charge in [0.15, 0.2) is 17.3 Å². The molecule has 6 rings (SSSR count). The van der Waals surface area contributed by atoms with Gasteiger partial charge in [0.1, 0.15) is 23.8 Å². The number of methoxy groups -OCH3 is 1. The van der Waals surface area contributed by atoms with Crippen LogP contribution in [0.5, 0.6) is 5.75 Å². The Morgan fingerprint density at radius 1 is 0.922 bits per heavy atom. The first-order valence-electron chi connectivity index (χ1n) is 16.4. The van der Waals surface area contributed by atoms with Crippen LogP contribution in [-0.4, -0.2) is 112 Å². The molecule has 1 aliphatic heterocycles. The minimum atomic E-state index is -4.50. The van der Waals surface area contributed by atoms with Gasteiger partial charge >= 0.3 is 6.18 Å². The standard InChI is InChI=1S/C34H42F5N9O2S/c1-44-12-14-45(15-13-44)32-42-31-24(18-34(37,38)39)19-40-48(31)33(43-32)46(20-23-6-8-25(49-2)9-7-23)21-28-41-30-27(11-10-26(35)29(30)36)47(28)22-50-16-17-51(3,4)5/h6-11,19H,12-18,20-22H2,1-5H3. The number of anilines is 2. The number of nitrogens with zero attached hydrogens (tertiary/aromatic N) is 9. The van der Waals surface area contributed by atoms with E-state index in [-0.39, 0.29) is 48.4 Å². The third-order valence-electron chi connectivity index (χ3n) is 8.69. The topological polar surface area (TPSA) is 89.1 Å².